The predicted molar refractivity (Wildman–Crippen MR) is 51.9 cm³/mol. The van der Waals surface area contributed by atoms with Crippen molar-refractivity contribution in [1.29, 1.82) is 0 Å². The van der Waals surface area contributed by atoms with Gasteiger partial charge in [-0.2, -0.15) is 0 Å². The van der Waals surface area contributed by atoms with Crippen molar-refractivity contribution in [1.82, 2.24) is 5.32 Å². The fraction of sp³-hybridized carbons (Fsp3) is 0.300. The molecule has 2 rings (SSSR count). The molecule has 1 saturated heterocycles. The molecule has 0 radical (unpaired) electrons. The van der Waals surface area contributed by atoms with Crippen LogP contribution in [0.2, 0.25) is 0 Å². The number of phenols is 1. The topological polar surface area (TPSA) is 67.8 Å². The lowest BCUT2D eigenvalue weighted by atomic mass is 10.1. The summed E-state index contributed by atoms with van der Waals surface area (Å²) in [6, 6.07) is 5.08. The molecule has 0 saturated carbocycles. The molecule has 1 aliphatic rings. The van der Waals surface area contributed by atoms with Gasteiger partial charge in [0.05, 0.1) is 13.7 Å². The van der Waals surface area contributed by atoms with Crippen LogP contribution in [0.25, 0.3) is 0 Å². The molecule has 1 aromatic carbocycles. The molecule has 1 atom stereocenters. The maximum Gasteiger partial charge on any atom is 0.407 e. The van der Waals surface area contributed by atoms with Crippen molar-refractivity contribution in [2.24, 2.45) is 0 Å². The average Bonchev–Trinajstić information content (AvgIpc) is 2.65. The zero-order chi connectivity index (χ0) is 10.8. The number of cyclic esters (lactones) is 1. The molecule has 1 amide bonds. The minimum atomic E-state index is -0.470. The Morgan fingerprint density at radius 1 is 1.60 bits per heavy atom. The fourth-order valence-electron chi connectivity index (χ4n) is 1.53. The highest BCUT2D eigenvalue weighted by molar-refractivity contribution is 5.70. The van der Waals surface area contributed by atoms with E-state index in [1.54, 1.807) is 18.2 Å². The van der Waals surface area contributed by atoms with Crippen molar-refractivity contribution in [3.8, 4) is 11.5 Å². The molecule has 0 spiro atoms. The van der Waals surface area contributed by atoms with E-state index in [4.69, 9.17) is 9.47 Å². The highest BCUT2D eigenvalue weighted by atomic mass is 16.6. The maximum atomic E-state index is 10.8. The number of carbonyl (C=O) groups is 1. The predicted octanol–water partition coefficient (Wildman–Crippen LogP) is 1.18. The molecule has 80 valence electrons. The van der Waals surface area contributed by atoms with Crippen LogP contribution in [-0.4, -0.2) is 24.9 Å². The summed E-state index contributed by atoms with van der Waals surface area (Å²) < 4.78 is 9.92. The number of alkyl carbamates (subject to hydrolysis) is 1. The summed E-state index contributed by atoms with van der Waals surface area (Å²) in [6.07, 6.45) is -0.921. The summed E-state index contributed by atoms with van der Waals surface area (Å²) >= 11 is 0. The second kappa shape index (κ2) is 3.68. The van der Waals surface area contributed by atoms with Crippen LogP contribution in [0, 0.1) is 0 Å². The lowest BCUT2D eigenvalue weighted by Crippen LogP contribution is -2.12. The Hall–Kier alpha value is -1.91. The molecule has 2 N–H and O–H groups in total. The van der Waals surface area contributed by atoms with Gasteiger partial charge in [-0.25, -0.2) is 4.79 Å². The van der Waals surface area contributed by atoms with E-state index in [2.05, 4.69) is 5.32 Å². The number of aromatic hydroxyl groups is 1. The number of rotatable bonds is 2. The quantitative estimate of drug-likeness (QED) is 0.767. The Kier molecular flexibility index (Phi) is 2.37. The first-order valence-corrected chi connectivity index (χ1v) is 4.52. The number of carbonyl (C=O) groups excluding carboxylic acids is 1. The Balaban J connectivity index is 2.32. The van der Waals surface area contributed by atoms with Crippen molar-refractivity contribution in [3.05, 3.63) is 23.8 Å². The molecular formula is C10H11NO4. The smallest absolute Gasteiger partial charge is 0.407 e. The third-order valence-corrected chi connectivity index (χ3v) is 2.28. The number of para-hydroxylation sites is 1. The molecule has 1 unspecified atom stereocenters. The number of methoxy groups -OCH3 is 1. The third kappa shape index (κ3) is 1.68. The standard InChI is InChI=1S/C10H11NO4/c1-14-7-4-2-3-6(9(7)12)8-5-11-10(13)15-8/h2-4,8,12H,5H2,1H3,(H,11,13). The summed E-state index contributed by atoms with van der Waals surface area (Å²) in [5.41, 5.74) is 0.549. The highest BCUT2D eigenvalue weighted by Crippen LogP contribution is 2.35. The van der Waals surface area contributed by atoms with E-state index >= 15 is 0 Å². The molecule has 1 aliphatic heterocycles. The summed E-state index contributed by atoms with van der Waals surface area (Å²) in [4.78, 5) is 10.8. The lowest BCUT2D eigenvalue weighted by Gasteiger charge is -2.12. The van der Waals surface area contributed by atoms with Crippen molar-refractivity contribution in [3.63, 3.8) is 0 Å². The Labute approximate surface area is 86.6 Å². The van der Waals surface area contributed by atoms with Crippen LogP contribution >= 0.6 is 0 Å². The number of hydrogen-bond donors (Lipinski definition) is 2. The van der Waals surface area contributed by atoms with Crippen LogP contribution in [0.5, 0.6) is 11.5 Å². The van der Waals surface area contributed by atoms with Gasteiger partial charge in [-0.3, -0.25) is 0 Å². The third-order valence-electron chi connectivity index (χ3n) is 2.28. The van der Waals surface area contributed by atoms with Gasteiger partial charge in [0.2, 0.25) is 0 Å². The SMILES string of the molecule is COc1cccc(C2CNC(=O)O2)c1O. The Morgan fingerprint density at radius 2 is 2.40 bits per heavy atom. The fourth-order valence-corrected chi connectivity index (χ4v) is 1.53. The maximum absolute atomic E-state index is 10.8. The number of nitrogens with one attached hydrogen (secondary N) is 1. The normalized spacial score (nSPS) is 19.5. The number of hydrogen-bond acceptors (Lipinski definition) is 4. The molecule has 5 nitrogen and oxygen atoms in total. The number of ether oxygens (including phenoxy) is 2. The van der Waals surface area contributed by atoms with Crippen molar-refractivity contribution < 1.29 is 19.4 Å². The van der Waals surface area contributed by atoms with E-state index in [0.29, 0.717) is 17.9 Å². The largest absolute Gasteiger partial charge is 0.504 e. The van der Waals surface area contributed by atoms with Crippen LogP contribution in [0.15, 0.2) is 18.2 Å². The monoisotopic (exact) mass is 209 g/mol. The lowest BCUT2D eigenvalue weighted by molar-refractivity contribution is 0.139. The number of amides is 1. The number of phenolic OH excluding ortho intramolecular Hbond substituents is 1. The first kappa shape index (κ1) is 9.64. The van der Waals surface area contributed by atoms with E-state index in [1.165, 1.54) is 7.11 Å². The Morgan fingerprint density at radius 3 is 3.00 bits per heavy atom. The van der Waals surface area contributed by atoms with Gasteiger partial charge in [-0.1, -0.05) is 12.1 Å². The molecule has 0 aromatic heterocycles. The molecule has 0 aliphatic carbocycles. The summed E-state index contributed by atoms with van der Waals surface area (Å²) in [5.74, 6) is 0.386. The first-order chi connectivity index (χ1) is 7.22. The zero-order valence-corrected chi connectivity index (χ0v) is 8.19. The second-order valence-corrected chi connectivity index (χ2v) is 3.17. The Bertz CT molecular complexity index is 391. The van der Waals surface area contributed by atoms with Crippen LogP contribution in [-0.2, 0) is 4.74 Å². The molecular weight excluding hydrogens is 198 g/mol. The van der Waals surface area contributed by atoms with Crippen LogP contribution < -0.4 is 10.1 Å². The minimum absolute atomic E-state index is 0.0153. The average molecular weight is 209 g/mol. The highest BCUT2D eigenvalue weighted by Gasteiger charge is 2.27. The minimum Gasteiger partial charge on any atom is -0.504 e. The molecule has 1 fully saturated rings. The van der Waals surface area contributed by atoms with E-state index in [9.17, 15) is 9.90 Å². The van der Waals surface area contributed by atoms with Crippen LogP contribution in [0.4, 0.5) is 4.79 Å². The molecule has 15 heavy (non-hydrogen) atoms. The molecule has 1 heterocycles. The van der Waals surface area contributed by atoms with E-state index in [1.807, 2.05) is 0 Å². The van der Waals surface area contributed by atoms with Gasteiger partial charge in [0.15, 0.2) is 11.5 Å². The van der Waals surface area contributed by atoms with Crippen LogP contribution in [0.3, 0.4) is 0 Å². The van der Waals surface area contributed by atoms with Gasteiger partial charge in [0.25, 0.3) is 0 Å². The van der Waals surface area contributed by atoms with Gasteiger partial charge in [-0.15, -0.1) is 0 Å². The van der Waals surface area contributed by atoms with E-state index in [-0.39, 0.29) is 5.75 Å². The van der Waals surface area contributed by atoms with Crippen molar-refractivity contribution in [2.45, 2.75) is 6.10 Å². The van der Waals surface area contributed by atoms with Crippen molar-refractivity contribution in [2.75, 3.05) is 13.7 Å². The second-order valence-electron chi connectivity index (χ2n) is 3.17. The summed E-state index contributed by atoms with van der Waals surface area (Å²) in [6.45, 7) is 0.361. The zero-order valence-electron chi connectivity index (χ0n) is 8.19. The van der Waals surface area contributed by atoms with Gasteiger partial charge in [-0.05, 0) is 6.07 Å². The van der Waals surface area contributed by atoms with Crippen LogP contribution in [0.1, 0.15) is 11.7 Å². The summed E-state index contributed by atoms with van der Waals surface area (Å²) in [7, 11) is 1.47. The van der Waals surface area contributed by atoms with Gasteiger partial charge >= 0.3 is 6.09 Å². The van der Waals surface area contributed by atoms with Gasteiger partial charge < -0.3 is 19.9 Å². The van der Waals surface area contributed by atoms with Gasteiger partial charge in [0.1, 0.15) is 6.10 Å². The van der Waals surface area contributed by atoms with E-state index < -0.39 is 12.2 Å². The first-order valence-electron chi connectivity index (χ1n) is 4.52. The molecule has 0 bridgehead atoms. The molecule has 1 aromatic rings. The van der Waals surface area contributed by atoms with E-state index in [0.717, 1.165) is 0 Å². The molecule has 5 heteroatoms. The number of benzene rings is 1. The van der Waals surface area contributed by atoms with Gasteiger partial charge in [0, 0.05) is 5.56 Å². The summed E-state index contributed by atoms with van der Waals surface area (Å²) in [5, 5.41) is 12.3. The van der Waals surface area contributed by atoms with Crippen molar-refractivity contribution >= 4 is 6.09 Å².